The van der Waals surface area contributed by atoms with Gasteiger partial charge in [0.1, 0.15) is 0 Å². The Morgan fingerprint density at radius 3 is 2.93 bits per heavy atom. The van der Waals surface area contributed by atoms with Gasteiger partial charge in [-0.15, -0.1) is 0 Å². The lowest BCUT2D eigenvalue weighted by atomic mass is 9.63. The van der Waals surface area contributed by atoms with E-state index in [0.717, 1.165) is 31.5 Å². The van der Waals surface area contributed by atoms with Crippen LogP contribution in [0.25, 0.3) is 0 Å². The van der Waals surface area contributed by atoms with Gasteiger partial charge in [-0.3, -0.25) is 0 Å². The van der Waals surface area contributed by atoms with E-state index < -0.39 is 0 Å². The van der Waals surface area contributed by atoms with Crippen LogP contribution in [-0.4, -0.2) is 25.8 Å². The second-order valence-electron chi connectivity index (χ2n) is 5.45. The maximum absolute atomic E-state index is 5.86. The van der Waals surface area contributed by atoms with Gasteiger partial charge >= 0.3 is 0 Å². The first-order chi connectivity index (χ1) is 6.64. The molecule has 2 nitrogen and oxygen atoms in total. The summed E-state index contributed by atoms with van der Waals surface area (Å²) < 4.78 is 5.86. The monoisotopic (exact) mass is 197 g/mol. The van der Waals surface area contributed by atoms with Crippen molar-refractivity contribution in [2.24, 2.45) is 17.3 Å². The molecule has 2 aliphatic heterocycles. The highest BCUT2D eigenvalue weighted by Gasteiger charge is 2.45. The van der Waals surface area contributed by atoms with Gasteiger partial charge in [0.25, 0.3) is 0 Å². The number of hydrogen-bond donors (Lipinski definition) is 1. The van der Waals surface area contributed by atoms with Crippen molar-refractivity contribution in [2.45, 2.75) is 39.7 Å². The van der Waals surface area contributed by atoms with Crippen LogP contribution in [0.4, 0.5) is 0 Å². The molecule has 3 atom stereocenters. The Kier molecular flexibility index (Phi) is 2.85. The lowest BCUT2D eigenvalue weighted by molar-refractivity contribution is -0.103. The quantitative estimate of drug-likeness (QED) is 0.694. The zero-order valence-corrected chi connectivity index (χ0v) is 9.68. The molecule has 0 spiro atoms. The van der Waals surface area contributed by atoms with Crippen LogP contribution in [0.1, 0.15) is 33.6 Å². The first-order valence-electron chi connectivity index (χ1n) is 5.97. The van der Waals surface area contributed by atoms with Crippen LogP contribution in [0, 0.1) is 17.3 Å². The van der Waals surface area contributed by atoms with Gasteiger partial charge in [0, 0.05) is 19.7 Å². The Labute approximate surface area is 87.4 Å². The number of hydrogen-bond acceptors (Lipinski definition) is 2. The summed E-state index contributed by atoms with van der Waals surface area (Å²) in [5, 5.41) is 3.53. The molecule has 0 aromatic rings. The van der Waals surface area contributed by atoms with Gasteiger partial charge < -0.3 is 10.1 Å². The molecule has 2 saturated heterocycles. The molecule has 1 N–H and O–H groups in total. The summed E-state index contributed by atoms with van der Waals surface area (Å²) in [6.45, 7) is 10.3. The summed E-state index contributed by atoms with van der Waals surface area (Å²) >= 11 is 0. The Balaban J connectivity index is 2.15. The van der Waals surface area contributed by atoms with Gasteiger partial charge in [0.2, 0.25) is 0 Å². The molecule has 2 heteroatoms. The molecule has 0 aromatic carbocycles. The summed E-state index contributed by atoms with van der Waals surface area (Å²) in [7, 11) is 0. The molecule has 0 saturated carbocycles. The van der Waals surface area contributed by atoms with Gasteiger partial charge in [-0.05, 0) is 30.1 Å². The fraction of sp³-hybridized carbons (Fsp3) is 1.00. The molecule has 82 valence electrons. The molecule has 2 fully saturated rings. The van der Waals surface area contributed by atoms with E-state index in [1.165, 1.54) is 12.8 Å². The lowest BCUT2D eigenvalue weighted by Crippen LogP contribution is -2.57. The van der Waals surface area contributed by atoms with Crippen molar-refractivity contribution >= 4 is 0 Å². The molecule has 0 bridgehead atoms. The first-order valence-corrected chi connectivity index (χ1v) is 5.97. The van der Waals surface area contributed by atoms with Crippen LogP contribution in [0.3, 0.4) is 0 Å². The predicted molar refractivity (Wildman–Crippen MR) is 58.3 cm³/mol. The maximum Gasteiger partial charge on any atom is 0.0733 e. The molecule has 3 unspecified atom stereocenters. The van der Waals surface area contributed by atoms with E-state index in [4.69, 9.17) is 4.74 Å². The summed E-state index contributed by atoms with van der Waals surface area (Å²) in [6, 6.07) is 0. The van der Waals surface area contributed by atoms with Gasteiger partial charge in [-0.2, -0.15) is 0 Å². The van der Waals surface area contributed by atoms with E-state index in [-0.39, 0.29) is 0 Å². The topological polar surface area (TPSA) is 21.3 Å². The average Bonchev–Trinajstić information content (AvgIpc) is 2.18. The highest BCUT2D eigenvalue weighted by molar-refractivity contribution is 4.97. The second kappa shape index (κ2) is 3.82. The Bertz CT molecular complexity index is 202. The molecule has 0 amide bonds. The van der Waals surface area contributed by atoms with E-state index in [1.54, 1.807) is 0 Å². The minimum atomic E-state index is 0.434. The predicted octanol–water partition coefficient (Wildman–Crippen LogP) is 2.05. The maximum atomic E-state index is 5.86. The van der Waals surface area contributed by atoms with Crippen LogP contribution in [0.5, 0.6) is 0 Å². The van der Waals surface area contributed by atoms with E-state index >= 15 is 0 Å². The Morgan fingerprint density at radius 1 is 1.43 bits per heavy atom. The zero-order valence-electron chi connectivity index (χ0n) is 9.68. The van der Waals surface area contributed by atoms with Crippen LogP contribution in [0.2, 0.25) is 0 Å². The molecule has 0 aliphatic carbocycles. The van der Waals surface area contributed by atoms with Gasteiger partial charge in [-0.25, -0.2) is 0 Å². The third kappa shape index (κ3) is 1.59. The van der Waals surface area contributed by atoms with E-state index in [1.807, 2.05) is 0 Å². The van der Waals surface area contributed by atoms with Gasteiger partial charge in [0.05, 0.1) is 6.10 Å². The first kappa shape index (κ1) is 10.4. The number of ether oxygens (including phenoxy) is 1. The lowest BCUT2D eigenvalue weighted by Gasteiger charge is -2.50. The summed E-state index contributed by atoms with van der Waals surface area (Å²) in [5.41, 5.74) is 0.434. The molecule has 14 heavy (non-hydrogen) atoms. The smallest absolute Gasteiger partial charge is 0.0733 e. The van der Waals surface area contributed by atoms with Crippen molar-refractivity contribution in [1.29, 1.82) is 0 Å². The van der Waals surface area contributed by atoms with Crippen LogP contribution in [-0.2, 0) is 4.74 Å². The van der Waals surface area contributed by atoms with Crippen molar-refractivity contribution in [3.63, 3.8) is 0 Å². The van der Waals surface area contributed by atoms with Crippen molar-refractivity contribution in [3.05, 3.63) is 0 Å². The average molecular weight is 197 g/mol. The SMILES string of the molecule is CC(C)C1(C)CNCC2OCCCC21. The molecule has 0 radical (unpaired) electrons. The molecular weight excluding hydrogens is 174 g/mol. The summed E-state index contributed by atoms with van der Waals surface area (Å²) in [5.74, 6) is 1.52. The molecule has 2 heterocycles. The Hall–Kier alpha value is -0.0800. The van der Waals surface area contributed by atoms with E-state index in [9.17, 15) is 0 Å². The normalized spacial score (nSPS) is 43.7. The number of rotatable bonds is 1. The number of nitrogens with one attached hydrogen (secondary N) is 1. The number of piperidine rings is 1. The van der Waals surface area contributed by atoms with Crippen molar-refractivity contribution in [1.82, 2.24) is 5.32 Å². The Morgan fingerprint density at radius 2 is 2.21 bits per heavy atom. The second-order valence-corrected chi connectivity index (χ2v) is 5.45. The van der Waals surface area contributed by atoms with Crippen LogP contribution >= 0.6 is 0 Å². The molecule has 2 aliphatic rings. The van der Waals surface area contributed by atoms with Crippen molar-refractivity contribution < 1.29 is 4.74 Å². The summed E-state index contributed by atoms with van der Waals surface area (Å²) in [6.07, 6.45) is 3.09. The van der Waals surface area contributed by atoms with E-state index in [2.05, 4.69) is 26.1 Å². The third-order valence-electron chi connectivity index (χ3n) is 4.46. The highest BCUT2D eigenvalue weighted by Crippen LogP contribution is 2.44. The van der Waals surface area contributed by atoms with Crippen molar-refractivity contribution in [3.8, 4) is 0 Å². The minimum Gasteiger partial charge on any atom is -0.377 e. The minimum absolute atomic E-state index is 0.434. The van der Waals surface area contributed by atoms with Crippen LogP contribution in [0.15, 0.2) is 0 Å². The van der Waals surface area contributed by atoms with E-state index in [0.29, 0.717) is 11.5 Å². The fourth-order valence-electron chi connectivity index (χ4n) is 3.04. The summed E-state index contributed by atoms with van der Waals surface area (Å²) in [4.78, 5) is 0. The highest BCUT2D eigenvalue weighted by atomic mass is 16.5. The van der Waals surface area contributed by atoms with Gasteiger partial charge in [-0.1, -0.05) is 20.8 Å². The van der Waals surface area contributed by atoms with Crippen LogP contribution < -0.4 is 5.32 Å². The largest absolute Gasteiger partial charge is 0.377 e. The molecule has 2 rings (SSSR count). The van der Waals surface area contributed by atoms with Crippen molar-refractivity contribution in [2.75, 3.05) is 19.7 Å². The zero-order chi connectivity index (χ0) is 10.2. The molecule has 0 aromatic heterocycles. The van der Waals surface area contributed by atoms with Gasteiger partial charge in [0.15, 0.2) is 0 Å². The molecular formula is C12H23NO. The fourth-order valence-corrected chi connectivity index (χ4v) is 3.04. The third-order valence-corrected chi connectivity index (χ3v) is 4.46. The standard InChI is InChI=1S/C12H23NO/c1-9(2)12(3)8-13-7-11-10(12)5-4-6-14-11/h9-11,13H,4-8H2,1-3H3. The number of fused-ring (bicyclic) bond motifs is 1.